The van der Waals surface area contributed by atoms with Crippen molar-refractivity contribution in [2.75, 3.05) is 19.7 Å². The standard InChI is InChI=1S/C17H25NO2/c1-12-4-5-13(2)16(10-12)17(20)14(3)18-8-6-15(11-18)7-9-19/h4-5,10,14-15,19H,6-9,11H2,1-3H3. The van der Waals surface area contributed by atoms with Crippen molar-refractivity contribution in [1.29, 1.82) is 0 Å². The molecule has 1 heterocycles. The number of aliphatic hydroxyl groups is 1. The first kappa shape index (κ1) is 15.2. The Morgan fingerprint density at radius 2 is 2.20 bits per heavy atom. The molecule has 3 heteroatoms. The fraction of sp³-hybridized carbons (Fsp3) is 0.588. The Labute approximate surface area is 121 Å². The fourth-order valence-electron chi connectivity index (χ4n) is 3.02. The van der Waals surface area contributed by atoms with Crippen LogP contribution in [0.1, 0.15) is 41.3 Å². The number of aryl methyl sites for hydroxylation is 2. The third-order valence-corrected chi connectivity index (χ3v) is 4.44. The molecular weight excluding hydrogens is 250 g/mol. The molecular formula is C17H25NO2. The summed E-state index contributed by atoms with van der Waals surface area (Å²) >= 11 is 0. The van der Waals surface area contributed by atoms with E-state index < -0.39 is 0 Å². The van der Waals surface area contributed by atoms with Crippen LogP contribution >= 0.6 is 0 Å². The molecule has 3 nitrogen and oxygen atoms in total. The second-order valence-electron chi connectivity index (χ2n) is 6.02. The van der Waals surface area contributed by atoms with Crippen LogP contribution in [0.5, 0.6) is 0 Å². The summed E-state index contributed by atoms with van der Waals surface area (Å²) in [6.45, 7) is 8.16. The molecule has 0 radical (unpaired) electrons. The molecule has 1 N–H and O–H groups in total. The van der Waals surface area contributed by atoms with Crippen LogP contribution in [0.15, 0.2) is 18.2 Å². The number of rotatable bonds is 5. The van der Waals surface area contributed by atoms with Gasteiger partial charge in [-0.05, 0) is 57.7 Å². The summed E-state index contributed by atoms with van der Waals surface area (Å²) in [5.74, 6) is 0.754. The number of ketones is 1. The third-order valence-electron chi connectivity index (χ3n) is 4.44. The molecule has 0 bridgehead atoms. The highest BCUT2D eigenvalue weighted by molar-refractivity contribution is 6.01. The predicted octanol–water partition coefficient (Wildman–Crippen LogP) is 2.58. The third kappa shape index (κ3) is 3.28. The van der Waals surface area contributed by atoms with Gasteiger partial charge in [0.05, 0.1) is 6.04 Å². The molecule has 0 spiro atoms. The number of hydrogen-bond acceptors (Lipinski definition) is 3. The maximum atomic E-state index is 12.7. The molecule has 2 rings (SSSR count). The Morgan fingerprint density at radius 1 is 1.45 bits per heavy atom. The van der Waals surface area contributed by atoms with Gasteiger partial charge in [0.1, 0.15) is 0 Å². The van der Waals surface area contributed by atoms with Crippen LogP contribution in [0.2, 0.25) is 0 Å². The molecule has 0 amide bonds. The second kappa shape index (κ2) is 6.51. The zero-order valence-electron chi connectivity index (χ0n) is 12.7. The summed E-state index contributed by atoms with van der Waals surface area (Å²) < 4.78 is 0. The van der Waals surface area contributed by atoms with Gasteiger partial charge in [0, 0.05) is 18.7 Å². The van der Waals surface area contributed by atoms with Gasteiger partial charge in [0.2, 0.25) is 0 Å². The van der Waals surface area contributed by atoms with Crippen molar-refractivity contribution in [1.82, 2.24) is 4.90 Å². The Bertz CT molecular complexity index is 484. The van der Waals surface area contributed by atoms with Gasteiger partial charge >= 0.3 is 0 Å². The van der Waals surface area contributed by atoms with E-state index in [0.29, 0.717) is 5.92 Å². The largest absolute Gasteiger partial charge is 0.396 e. The predicted molar refractivity (Wildman–Crippen MR) is 81.1 cm³/mol. The van der Waals surface area contributed by atoms with Crippen molar-refractivity contribution in [2.45, 2.75) is 39.7 Å². The summed E-state index contributed by atoms with van der Waals surface area (Å²) in [5.41, 5.74) is 3.03. The average Bonchev–Trinajstić information content (AvgIpc) is 2.89. The van der Waals surface area contributed by atoms with Crippen molar-refractivity contribution in [2.24, 2.45) is 5.92 Å². The lowest BCUT2D eigenvalue weighted by Gasteiger charge is -2.24. The Hall–Kier alpha value is -1.19. The number of hydrogen-bond donors (Lipinski definition) is 1. The molecule has 1 aliphatic rings. The zero-order valence-corrected chi connectivity index (χ0v) is 12.7. The van der Waals surface area contributed by atoms with E-state index in [1.54, 1.807) is 0 Å². The van der Waals surface area contributed by atoms with E-state index in [9.17, 15) is 4.79 Å². The van der Waals surface area contributed by atoms with Crippen LogP contribution in [0.4, 0.5) is 0 Å². The first-order valence-corrected chi connectivity index (χ1v) is 7.49. The Kier molecular flexibility index (Phi) is 4.95. The lowest BCUT2D eigenvalue weighted by atomic mass is 9.97. The highest BCUT2D eigenvalue weighted by Gasteiger charge is 2.30. The molecule has 1 saturated heterocycles. The lowest BCUT2D eigenvalue weighted by Crippen LogP contribution is -2.37. The van der Waals surface area contributed by atoms with Gasteiger partial charge in [-0.25, -0.2) is 0 Å². The van der Waals surface area contributed by atoms with Crippen LogP contribution in [-0.4, -0.2) is 41.5 Å². The molecule has 2 atom stereocenters. The van der Waals surface area contributed by atoms with E-state index in [-0.39, 0.29) is 18.4 Å². The number of carbonyl (C=O) groups is 1. The molecule has 110 valence electrons. The first-order chi connectivity index (χ1) is 9.52. The zero-order chi connectivity index (χ0) is 14.7. The SMILES string of the molecule is Cc1ccc(C)c(C(=O)C(C)N2CCC(CCO)C2)c1. The van der Waals surface area contributed by atoms with E-state index >= 15 is 0 Å². The molecule has 1 aliphatic heterocycles. The van der Waals surface area contributed by atoms with Crippen molar-refractivity contribution < 1.29 is 9.90 Å². The van der Waals surface area contributed by atoms with Gasteiger partial charge in [0.15, 0.2) is 5.78 Å². The van der Waals surface area contributed by atoms with E-state index in [1.807, 2.05) is 39.0 Å². The topological polar surface area (TPSA) is 40.5 Å². The molecule has 1 aromatic carbocycles. The van der Waals surface area contributed by atoms with Gasteiger partial charge in [-0.15, -0.1) is 0 Å². The quantitative estimate of drug-likeness (QED) is 0.840. The Balaban J connectivity index is 2.07. The van der Waals surface area contributed by atoms with Crippen LogP contribution in [-0.2, 0) is 0 Å². The van der Waals surface area contributed by atoms with Crippen LogP contribution in [0, 0.1) is 19.8 Å². The van der Waals surface area contributed by atoms with Crippen LogP contribution in [0.25, 0.3) is 0 Å². The van der Waals surface area contributed by atoms with Gasteiger partial charge in [-0.3, -0.25) is 9.69 Å². The van der Waals surface area contributed by atoms with Crippen molar-refractivity contribution in [3.63, 3.8) is 0 Å². The molecule has 2 unspecified atom stereocenters. The van der Waals surface area contributed by atoms with E-state index in [2.05, 4.69) is 4.90 Å². The number of aliphatic hydroxyl groups excluding tert-OH is 1. The average molecular weight is 275 g/mol. The molecule has 1 fully saturated rings. The van der Waals surface area contributed by atoms with E-state index in [4.69, 9.17) is 5.11 Å². The number of Topliss-reactive ketones (excluding diaryl/α,β-unsaturated/α-hetero) is 1. The summed E-state index contributed by atoms with van der Waals surface area (Å²) in [4.78, 5) is 14.9. The second-order valence-corrected chi connectivity index (χ2v) is 6.02. The van der Waals surface area contributed by atoms with Crippen molar-refractivity contribution in [3.05, 3.63) is 34.9 Å². The monoisotopic (exact) mass is 275 g/mol. The summed E-state index contributed by atoms with van der Waals surface area (Å²) in [7, 11) is 0. The van der Waals surface area contributed by atoms with Crippen LogP contribution in [0.3, 0.4) is 0 Å². The van der Waals surface area contributed by atoms with Crippen molar-refractivity contribution >= 4 is 5.78 Å². The van der Waals surface area contributed by atoms with E-state index in [0.717, 1.165) is 42.6 Å². The van der Waals surface area contributed by atoms with Crippen LogP contribution < -0.4 is 0 Å². The van der Waals surface area contributed by atoms with Gasteiger partial charge in [0.25, 0.3) is 0 Å². The highest BCUT2D eigenvalue weighted by Crippen LogP contribution is 2.23. The molecule has 0 aliphatic carbocycles. The molecule has 0 aromatic heterocycles. The normalized spacial score (nSPS) is 21.1. The van der Waals surface area contributed by atoms with Crippen molar-refractivity contribution in [3.8, 4) is 0 Å². The van der Waals surface area contributed by atoms with E-state index in [1.165, 1.54) is 0 Å². The fourth-order valence-corrected chi connectivity index (χ4v) is 3.02. The highest BCUT2D eigenvalue weighted by atomic mass is 16.3. The minimum Gasteiger partial charge on any atom is -0.396 e. The summed E-state index contributed by atoms with van der Waals surface area (Å²) in [5, 5.41) is 9.02. The van der Waals surface area contributed by atoms with Gasteiger partial charge < -0.3 is 5.11 Å². The van der Waals surface area contributed by atoms with Gasteiger partial charge in [-0.1, -0.05) is 17.7 Å². The minimum absolute atomic E-state index is 0.0702. The molecule has 20 heavy (non-hydrogen) atoms. The minimum atomic E-state index is -0.0702. The smallest absolute Gasteiger partial charge is 0.179 e. The number of carbonyl (C=O) groups excluding carboxylic acids is 1. The number of benzene rings is 1. The van der Waals surface area contributed by atoms with Gasteiger partial charge in [-0.2, -0.15) is 0 Å². The molecule has 0 saturated carbocycles. The Morgan fingerprint density at radius 3 is 2.90 bits per heavy atom. The maximum Gasteiger partial charge on any atom is 0.179 e. The first-order valence-electron chi connectivity index (χ1n) is 7.49. The number of nitrogens with zero attached hydrogens (tertiary/aromatic N) is 1. The molecule has 1 aromatic rings. The number of likely N-dealkylation sites (tertiary alicyclic amines) is 1. The summed E-state index contributed by atoms with van der Waals surface area (Å²) in [6.07, 6.45) is 1.94. The summed E-state index contributed by atoms with van der Waals surface area (Å²) in [6, 6.07) is 5.99. The maximum absolute atomic E-state index is 12.7. The lowest BCUT2D eigenvalue weighted by molar-refractivity contribution is 0.0861.